The average molecular weight is 281 g/mol. The maximum absolute atomic E-state index is 10.7. The molecule has 1 unspecified atom stereocenters. The molecule has 0 saturated heterocycles. The first-order valence-corrected chi connectivity index (χ1v) is 5.75. The van der Waals surface area contributed by atoms with E-state index in [4.69, 9.17) is 25.8 Å². The van der Waals surface area contributed by atoms with E-state index < -0.39 is 23.7 Å². The van der Waals surface area contributed by atoms with Crippen LogP contribution in [-0.2, 0) is 9.59 Å². The number of carboxylic acid groups (broad SMARTS) is 2. The van der Waals surface area contributed by atoms with Gasteiger partial charge in [0.2, 0.25) is 0 Å². The quantitative estimate of drug-likeness (QED) is 0.334. The summed E-state index contributed by atoms with van der Waals surface area (Å²) in [5, 5.41) is 26.1. The largest absolute Gasteiger partial charge is 0.502 e. The first kappa shape index (κ1) is 15.5. The summed E-state index contributed by atoms with van der Waals surface area (Å²) in [4.78, 5) is 21.0. The Kier molecular flexibility index (Phi) is 5.55. The lowest BCUT2D eigenvalue weighted by Gasteiger charge is -2.08. The normalized spacial score (nSPS) is 12.8. The van der Waals surface area contributed by atoms with Gasteiger partial charge in [0.1, 0.15) is 11.8 Å². The maximum atomic E-state index is 10.7. The second kappa shape index (κ2) is 7.15. The summed E-state index contributed by atoms with van der Waals surface area (Å²) in [6, 6.07) is 5.13. The van der Waals surface area contributed by atoms with Gasteiger partial charge in [0.05, 0.1) is 6.61 Å². The zero-order valence-corrected chi connectivity index (χ0v) is 10.5. The fourth-order valence-electron chi connectivity index (χ4n) is 1.37. The smallest absolute Gasteiger partial charge is 0.370 e. The third-order valence-corrected chi connectivity index (χ3v) is 2.45. The lowest BCUT2D eigenvalue weighted by atomic mass is 10.1. The Balaban J connectivity index is 2.48. The molecule has 0 bridgehead atoms. The first-order chi connectivity index (χ1) is 9.41. The van der Waals surface area contributed by atoms with Crippen molar-refractivity contribution in [2.75, 3.05) is 6.61 Å². The third-order valence-electron chi connectivity index (χ3n) is 2.45. The van der Waals surface area contributed by atoms with Crippen LogP contribution in [0.2, 0.25) is 0 Å². The Labute approximate surface area is 114 Å². The van der Waals surface area contributed by atoms with Crippen LogP contribution in [0.4, 0.5) is 0 Å². The van der Waals surface area contributed by atoms with Crippen LogP contribution < -0.4 is 10.5 Å². The fourth-order valence-corrected chi connectivity index (χ4v) is 1.37. The minimum Gasteiger partial charge on any atom is -0.502 e. The molecule has 0 aliphatic heterocycles. The highest BCUT2D eigenvalue weighted by Crippen LogP contribution is 2.16. The van der Waals surface area contributed by atoms with Crippen molar-refractivity contribution in [3.63, 3.8) is 0 Å². The number of carbonyl (C=O) groups is 2. The van der Waals surface area contributed by atoms with Crippen LogP contribution in [0.25, 0.3) is 0 Å². The standard InChI is InChI=1S/C13H15NO6/c14-11(13(18)19)8-3-5-9(6-4-8)20-7-1-2-10(15)12(16)17/h2-6,11,15H,1,7,14H2,(H,16,17)(H,18,19)/b10-2-. The van der Waals surface area contributed by atoms with Crippen molar-refractivity contribution in [1.29, 1.82) is 0 Å². The van der Waals surface area contributed by atoms with Crippen LogP contribution in [0.5, 0.6) is 5.75 Å². The molecular weight excluding hydrogens is 266 g/mol. The molecule has 7 nitrogen and oxygen atoms in total. The highest BCUT2D eigenvalue weighted by molar-refractivity contribution is 5.83. The number of hydrogen-bond acceptors (Lipinski definition) is 5. The van der Waals surface area contributed by atoms with Crippen LogP contribution in [0.15, 0.2) is 36.1 Å². The van der Waals surface area contributed by atoms with E-state index in [9.17, 15) is 9.59 Å². The predicted octanol–water partition coefficient (Wildman–Crippen LogP) is 1.07. The number of aliphatic hydroxyl groups excluding tert-OH is 1. The van der Waals surface area contributed by atoms with Gasteiger partial charge >= 0.3 is 11.9 Å². The summed E-state index contributed by atoms with van der Waals surface area (Å²) in [5.41, 5.74) is 5.89. The predicted molar refractivity (Wildman–Crippen MR) is 69.5 cm³/mol. The van der Waals surface area contributed by atoms with Crippen molar-refractivity contribution in [3.05, 3.63) is 41.7 Å². The number of ether oxygens (including phenoxy) is 1. The van der Waals surface area contributed by atoms with E-state index >= 15 is 0 Å². The number of aliphatic carboxylic acids is 2. The zero-order chi connectivity index (χ0) is 15.1. The molecule has 0 heterocycles. The number of nitrogens with two attached hydrogens (primary N) is 1. The van der Waals surface area contributed by atoms with Gasteiger partial charge in [0, 0.05) is 6.42 Å². The average Bonchev–Trinajstić information content (AvgIpc) is 2.43. The van der Waals surface area contributed by atoms with Crippen LogP contribution >= 0.6 is 0 Å². The molecule has 0 fully saturated rings. The lowest BCUT2D eigenvalue weighted by Crippen LogP contribution is -2.20. The Morgan fingerprint density at radius 2 is 1.80 bits per heavy atom. The van der Waals surface area contributed by atoms with Gasteiger partial charge in [0.15, 0.2) is 5.76 Å². The molecule has 108 valence electrons. The van der Waals surface area contributed by atoms with Crippen molar-refractivity contribution in [2.45, 2.75) is 12.5 Å². The summed E-state index contributed by atoms with van der Waals surface area (Å²) in [7, 11) is 0. The fraction of sp³-hybridized carbons (Fsp3) is 0.231. The minimum atomic E-state index is -1.39. The maximum Gasteiger partial charge on any atom is 0.370 e. The van der Waals surface area contributed by atoms with Crippen molar-refractivity contribution in [3.8, 4) is 5.75 Å². The summed E-state index contributed by atoms with van der Waals surface area (Å²) in [6.07, 6.45) is 1.37. The Morgan fingerprint density at radius 1 is 1.20 bits per heavy atom. The summed E-state index contributed by atoms with van der Waals surface area (Å²) < 4.78 is 5.29. The molecule has 0 amide bonds. The van der Waals surface area contributed by atoms with E-state index in [-0.39, 0.29) is 13.0 Å². The van der Waals surface area contributed by atoms with Crippen molar-refractivity contribution < 1.29 is 29.6 Å². The highest BCUT2D eigenvalue weighted by atomic mass is 16.5. The molecule has 20 heavy (non-hydrogen) atoms. The molecule has 1 atom stereocenters. The Bertz CT molecular complexity index is 508. The van der Waals surface area contributed by atoms with Crippen LogP contribution in [0.3, 0.4) is 0 Å². The lowest BCUT2D eigenvalue weighted by molar-refractivity contribution is -0.138. The first-order valence-electron chi connectivity index (χ1n) is 5.75. The van der Waals surface area contributed by atoms with Gasteiger partial charge in [0.25, 0.3) is 0 Å². The topological polar surface area (TPSA) is 130 Å². The van der Waals surface area contributed by atoms with Gasteiger partial charge in [-0.05, 0) is 23.8 Å². The van der Waals surface area contributed by atoms with E-state index in [1.54, 1.807) is 24.3 Å². The van der Waals surface area contributed by atoms with Crippen LogP contribution in [0, 0.1) is 0 Å². The van der Waals surface area contributed by atoms with E-state index in [0.29, 0.717) is 11.3 Å². The van der Waals surface area contributed by atoms with E-state index in [1.807, 2.05) is 0 Å². The molecule has 0 spiro atoms. The van der Waals surface area contributed by atoms with Crippen molar-refractivity contribution in [2.24, 2.45) is 5.73 Å². The molecule has 0 aliphatic carbocycles. The van der Waals surface area contributed by atoms with Gasteiger partial charge in [-0.2, -0.15) is 0 Å². The van der Waals surface area contributed by atoms with Crippen LogP contribution in [0.1, 0.15) is 18.0 Å². The molecule has 5 N–H and O–H groups in total. The SMILES string of the molecule is NC(C(=O)O)c1ccc(OCC/C=C(\O)C(=O)O)cc1. The number of carboxylic acids is 2. The second-order valence-corrected chi connectivity index (χ2v) is 3.92. The monoisotopic (exact) mass is 281 g/mol. The molecule has 1 aromatic rings. The summed E-state index contributed by atoms with van der Waals surface area (Å²) >= 11 is 0. The van der Waals surface area contributed by atoms with Gasteiger partial charge in [-0.15, -0.1) is 0 Å². The molecule has 0 radical (unpaired) electrons. The number of benzene rings is 1. The molecule has 0 aromatic heterocycles. The zero-order valence-electron chi connectivity index (χ0n) is 10.5. The van der Waals surface area contributed by atoms with Crippen molar-refractivity contribution >= 4 is 11.9 Å². The highest BCUT2D eigenvalue weighted by Gasteiger charge is 2.13. The Hall–Kier alpha value is -2.54. The molecule has 7 heteroatoms. The minimum absolute atomic E-state index is 0.182. The molecule has 0 aliphatic rings. The number of aliphatic hydroxyl groups is 1. The number of hydrogen-bond donors (Lipinski definition) is 4. The molecule has 1 aromatic carbocycles. The Morgan fingerprint density at radius 3 is 2.30 bits per heavy atom. The summed E-state index contributed by atoms with van der Waals surface area (Å²) in [5.74, 6) is -2.74. The molecule has 1 rings (SSSR count). The third kappa shape index (κ3) is 4.62. The molecular formula is C13H15NO6. The van der Waals surface area contributed by atoms with Gasteiger partial charge in [-0.3, -0.25) is 4.79 Å². The van der Waals surface area contributed by atoms with E-state index in [2.05, 4.69) is 0 Å². The van der Waals surface area contributed by atoms with Gasteiger partial charge in [-0.25, -0.2) is 4.79 Å². The van der Waals surface area contributed by atoms with Crippen molar-refractivity contribution in [1.82, 2.24) is 0 Å². The van der Waals surface area contributed by atoms with E-state index in [0.717, 1.165) is 6.08 Å². The van der Waals surface area contributed by atoms with E-state index in [1.165, 1.54) is 0 Å². The van der Waals surface area contributed by atoms with Gasteiger partial charge < -0.3 is 25.8 Å². The summed E-state index contributed by atoms with van der Waals surface area (Å²) in [6.45, 7) is 0.182. The molecule has 0 saturated carbocycles. The van der Waals surface area contributed by atoms with Crippen LogP contribution in [-0.4, -0.2) is 33.9 Å². The number of rotatable bonds is 7. The van der Waals surface area contributed by atoms with Gasteiger partial charge in [-0.1, -0.05) is 12.1 Å². The second-order valence-electron chi connectivity index (χ2n) is 3.92.